The van der Waals surface area contributed by atoms with Crippen LogP contribution in [0.4, 0.5) is 10.1 Å². The lowest BCUT2D eigenvalue weighted by atomic mass is 10.2. The molecule has 2 aromatic rings. The van der Waals surface area contributed by atoms with Crippen LogP contribution in [-0.2, 0) is 0 Å². The summed E-state index contributed by atoms with van der Waals surface area (Å²) in [6.07, 6.45) is 0.905. The Kier molecular flexibility index (Phi) is 4.18. The molecule has 1 aromatic carbocycles. The van der Waals surface area contributed by atoms with E-state index in [1.807, 2.05) is 6.07 Å². The van der Waals surface area contributed by atoms with Crippen LogP contribution in [0.3, 0.4) is 0 Å². The molecule has 0 aliphatic carbocycles. The van der Waals surface area contributed by atoms with Crippen molar-refractivity contribution in [1.29, 1.82) is 5.26 Å². The van der Waals surface area contributed by atoms with Gasteiger partial charge in [0.15, 0.2) is 0 Å². The van der Waals surface area contributed by atoms with Crippen molar-refractivity contribution < 1.29 is 9.18 Å². The lowest BCUT2D eigenvalue weighted by Crippen LogP contribution is -2.14. The predicted octanol–water partition coefficient (Wildman–Crippen LogP) is 3.65. The zero-order valence-corrected chi connectivity index (χ0v) is 11.3. The summed E-state index contributed by atoms with van der Waals surface area (Å²) >= 11 is 11.6. The van der Waals surface area contributed by atoms with Crippen LogP contribution in [0.2, 0.25) is 10.2 Å². The number of nitrogens with zero attached hydrogens (tertiary/aromatic N) is 2. The highest BCUT2D eigenvalue weighted by atomic mass is 35.5. The third-order valence-corrected chi connectivity index (χ3v) is 3.02. The number of hydrogen-bond acceptors (Lipinski definition) is 3. The summed E-state index contributed by atoms with van der Waals surface area (Å²) in [5, 5.41) is 11.4. The second-order valence-electron chi connectivity index (χ2n) is 3.75. The van der Waals surface area contributed by atoms with Crippen LogP contribution in [0, 0.1) is 17.1 Å². The zero-order chi connectivity index (χ0) is 14.7. The van der Waals surface area contributed by atoms with E-state index in [0.717, 1.165) is 12.3 Å². The van der Waals surface area contributed by atoms with E-state index in [4.69, 9.17) is 28.5 Å². The number of nitriles is 1. The van der Waals surface area contributed by atoms with E-state index in [1.54, 1.807) is 0 Å². The van der Waals surface area contributed by atoms with E-state index < -0.39 is 11.7 Å². The molecule has 0 radical (unpaired) electrons. The first kappa shape index (κ1) is 14.3. The molecule has 0 atom stereocenters. The minimum Gasteiger partial charge on any atom is -0.320 e. The summed E-state index contributed by atoms with van der Waals surface area (Å²) < 4.78 is 13.1. The number of halogens is 3. The fourth-order valence-corrected chi connectivity index (χ4v) is 1.82. The van der Waals surface area contributed by atoms with Gasteiger partial charge in [0.1, 0.15) is 11.0 Å². The Labute approximate surface area is 123 Å². The first-order valence-electron chi connectivity index (χ1n) is 5.33. The van der Waals surface area contributed by atoms with Crippen molar-refractivity contribution >= 4 is 34.8 Å². The number of carbonyl (C=O) groups is 1. The molecule has 100 valence electrons. The van der Waals surface area contributed by atoms with Crippen molar-refractivity contribution in [1.82, 2.24) is 4.98 Å². The molecule has 1 N–H and O–H groups in total. The minimum atomic E-state index is -0.684. The van der Waals surface area contributed by atoms with E-state index in [2.05, 4.69) is 10.3 Å². The molecule has 20 heavy (non-hydrogen) atoms. The Bertz CT molecular complexity index is 728. The summed E-state index contributed by atoms with van der Waals surface area (Å²) in [5.74, 6) is -1.35. The zero-order valence-electron chi connectivity index (χ0n) is 9.82. The second-order valence-corrected chi connectivity index (χ2v) is 4.52. The minimum absolute atomic E-state index is 0.120. The molecule has 7 heteroatoms. The van der Waals surface area contributed by atoms with Crippen molar-refractivity contribution in [2.45, 2.75) is 0 Å². The summed E-state index contributed by atoms with van der Waals surface area (Å²) in [4.78, 5) is 15.5. The molecule has 1 heterocycles. The fourth-order valence-electron chi connectivity index (χ4n) is 1.46. The fraction of sp³-hybridized carbons (Fsp3) is 0. The average molecular weight is 310 g/mol. The van der Waals surface area contributed by atoms with Gasteiger partial charge in [0.05, 0.1) is 34.1 Å². The molecule has 0 bridgehead atoms. The molecule has 0 aliphatic heterocycles. The number of pyridine rings is 1. The van der Waals surface area contributed by atoms with Crippen LogP contribution in [0.15, 0.2) is 30.5 Å². The van der Waals surface area contributed by atoms with Crippen LogP contribution in [0.25, 0.3) is 0 Å². The Morgan fingerprint density at radius 2 is 2.10 bits per heavy atom. The third kappa shape index (κ3) is 3.05. The van der Waals surface area contributed by atoms with E-state index in [1.165, 1.54) is 18.2 Å². The maximum atomic E-state index is 13.1. The number of rotatable bonds is 2. The molecule has 0 spiro atoms. The van der Waals surface area contributed by atoms with Crippen molar-refractivity contribution in [3.8, 4) is 6.07 Å². The number of hydrogen-bond donors (Lipinski definition) is 1. The van der Waals surface area contributed by atoms with Gasteiger partial charge in [-0.1, -0.05) is 23.2 Å². The van der Waals surface area contributed by atoms with Crippen molar-refractivity contribution in [3.05, 3.63) is 57.6 Å². The smallest absolute Gasteiger partial charge is 0.258 e. The molecule has 0 aliphatic rings. The number of benzene rings is 1. The van der Waals surface area contributed by atoms with Gasteiger partial charge >= 0.3 is 0 Å². The highest BCUT2D eigenvalue weighted by Crippen LogP contribution is 2.24. The number of amides is 1. The van der Waals surface area contributed by atoms with Crippen molar-refractivity contribution in [2.75, 3.05) is 5.32 Å². The quantitative estimate of drug-likeness (QED) is 0.861. The maximum Gasteiger partial charge on any atom is 0.258 e. The summed E-state index contributed by atoms with van der Waals surface area (Å²) in [6.45, 7) is 0. The van der Waals surface area contributed by atoms with Crippen molar-refractivity contribution in [2.24, 2.45) is 0 Å². The van der Waals surface area contributed by atoms with Gasteiger partial charge in [-0.2, -0.15) is 5.26 Å². The molecular formula is C13H6Cl2FN3O. The first-order chi connectivity index (χ1) is 9.51. The molecule has 0 unspecified atom stereocenters. The van der Waals surface area contributed by atoms with E-state index >= 15 is 0 Å². The average Bonchev–Trinajstić information content (AvgIpc) is 2.43. The first-order valence-corrected chi connectivity index (χ1v) is 6.09. The van der Waals surface area contributed by atoms with Crippen LogP contribution in [-0.4, -0.2) is 10.9 Å². The summed E-state index contributed by atoms with van der Waals surface area (Å²) in [6, 6.07) is 7.27. The molecule has 4 nitrogen and oxygen atoms in total. The molecule has 0 fully saturated rings. The Hall–Kier alpha value is -2.16. The SMILES string of the molecule is N#Cc1ccc(Cl)c(NC(=O)c2cc(F)cnc2Cl)c1. The molecular weight excluding hydrogens is 304 g/mol. The van der Waals surface area contributed by atoms with Gasteiger partial charge in [-0.3, -0.25) is 4.79 Å². The van der Waals surface area contributed by atoms with Gasteiger partial charge < -0.3 is 5.32 Å². The van der Waals surface area contributed by atoms with Gasteiger partial charge in [-0.25, -0.2) is 9.37 Å². The molecule has 1 aromatic heterocycles. The number of carbonyl (C=O) groups excluding carboxylic acids is 1. The molecule has 2 rings (SSSR count). The standard InChI is InChI=1S/C13H6Cl2FN3O/c14-10-2-1-7(5-17)3-11(10)19-13(20)9-4-8(16)6-18-12(9)15/h1-4,6H,(H,19,20). The lowest BCUT2D eigenvalue weighted by molar-refractivity contribution is 0.102. The summed E-state index contributed by atoms with van der Waals surface area (Å²) in [7, 11) is 0. The topological polar surface area (TPSA) is 65.8 Å². The number of anilines is 1. The van der Waals surface area contributed by atoms with Gasteiger partial charge in [0.25, 0.3) is 5.91 Å². The van der Waals surface area contributed by atoms with Gasteiger partial charge in [-0.05, 0) is 24.3 Å². The van der Waals surface area contributed by atoms with E-state index in [0.29, 0.717) is 5.56 Å². The number of aromatic nitrogens is 1. The van der Waals surface area contributed by atoms with E-state index in [-0.39, 0.29) is 21.4 Å². The molecule has 1 amide bonds. The largest absolute Gasteiger partial charge is 0.320 e. The van der Waals surface area contributed by atoms with Gasteiger partial charge in [-0.15, -0.1) is 0 Å². The van der Waals surface area contributed by atoms with Crippen LogP contribution in [0.5, 0.6) is 0 Å². The Morgan fingerprint density at radius 3 is 2.80 bits per heavy atom. The number of nitrogens with one attached hydrogen (secondary N) is 1. The summed E-state index contributed by atoms with van der Waals surface area (Å²) in [5.41, 5.74) is 0.439. The lowest BCUT2D eigenvalue weighted by Gasteiger charge is -2.08. The highest BCUT2D eigenvalue weighted by molar-refractivity contribution is 6.35. The Balaban J connectivity index is 2.33. The highest BCUT2D eigenvalue weighted by Gasteiger charge is 2.14. The van der Waals surface area contributed by atoms with Gasteiger partial charge in [0.2, 0.25) is 0 Å². The molecule has 0 saturated carbocycles. The second kappa shape index (κ2) is 5.87. The predicted molar refractivity (Wildman–Crippen MR) is 73.3 cm³/mol. The van der Waals surface area contributed by atoms with Crippen LogP contribution in [0.1, 0.15) is 15.9 Å². The molecule has 0 saturated heterocycles. The third-order valence-electron chi connectivity index (χ3n) is 2.39. The maximum absolute atomic E-state index is 13.1. The monoisotopic (exact) mass is 309 g/mol. The van der Waals surface area contributed by atoms with Crippen molar-refractivity contribution in [3.63, 3.8) is 0 Å². The van der Waals surface area contributed by atoms with E-state index in [9.17, 15) is 9.18 Å². The Morgan fingerprint density at radius 1 is 1.35 bits per heavy atom. The normalized spacial score (nSPS) is 9.90. The van der Waals surface area contributed by atoms with Crippen LogP contribution < -0.4 is 5.32 Å². The van der Waals surface area contributed by atoms with Gasteiger partial charge in [0, 0.05) is 0 Å². The van der Waals surface area contributed by atoms with Crippen LogP contribution >= 0.6 is 23.2 Å².